The van der Waals surface area contributed by atoms with Crippen molar-refractivity contribution in [1.29, 1.82) is 0 Å². The van der Waals surface area contributed by atoms with Crippen LogP contribution in [0.25, 0.3) is 0 Å². The molecule has 5 aliphatic rings. The van der Waals surface area contributed by atoms with E-state index in [1.807, 2.05) is 33.8 Å². The third kappa shape index (κ3) is 2.26. The van der Waals surface area contributed by atoms with Crippen molar-refractivity contribution < 1.29 is 20.1 Å². The summed E-state index contributed by atoms with van der Waals surface area (Å²) in [5, 5.41) is 34.6. The summed E-state index contributed by atoms with van der Waals surface area (Å²) in [5.41, 5.74) is 3.25. The van der Waals surface area contributed by atoms with Gasteiger partial charge in [-0.2, -0.15) is 0 Å². The van der Waals surface area contributed by atoms with Crippen LogP contribution in [0.5, 0.6) is 11.5 Å². The zero-order valence-corrected chi connectivity index (χ0v) is 19.8. The third-order valence-corrected chi connectivity index (χ3v) is 10.3. The highest BCUT2D eigenvalue weighted by Gasteiger charge is 2.70. The maximum absolute atomic E-state index is 11.8. The van der Waals surface area contributed by atoms with Gasteiger partial charge in [-0.25, -0.2) is 0 Å². The molecule has 0 radical (unpaired) electrons. The summed E-state index contributed by atoms with van der Waals surface area (Å²) in [6.07, 6.45) is 5.35. The van der Waals surface area contributed by atoms with Gasteiger partial charge < -0.3 is 20.1 Å². The van der Waals surface area contributed by atoms with Crippen LogP contribution in [-0.2, 0) is 24.7 Å². The van der Waals surface area contributed by atoms with E-state index in [0.717, 1.165) is 50.8 Å². The fraction of sp³-hybridized carbons (Fsp3) is 0.704. The number of hydrogen-bond donors (Lipinski definition) is 3. The zero-order valence-electron chi connectivity index (χ0n) is 19.8. The molecule has 1 aromatic rings. The molecule has 1 spiro atoms. The number of hydrogen-bond acceptors (Lipinski definition) is 5. The molecule has 0 unspecified atom stereocenters. The van der Waals surface area contributed by atoms with Crippen molar-refractivity contribution in [3.63, 3.8) is 0 Å². The van der Waals surface area contributed by atoms with E-state index in [1.165, 1.54) is 16.7 Å². The largest absolute Gasteiger partial charge is 0.504 e. The fourth-order valence-corrected chi connectivity index (χ4v) is 8.02. The third-order valence-electron chi connectivity index (χ3n) is 10.3. The Labute approximate surface area is 191 Å². The molecule has 3 aliphatic carbocycles. The fourth-order valence-electron chi connectivity index (χ4n) is 8.02. The summed E-state index contributed by atoms with van der Waals surface area (Å²) in [4.78, 5) is 2.55. The van der Waals surface area contributed by atoms with Crippen molar-refractivity contribution in [3.8, 4) is 11.5 Å². The van der Waals surface area contributed by atoms with Gasteiger partial charge in [-0.15, -0.1) is 6.58 Å². The van der Waals surface area contributed by atoms with Crippen LogP contribution in [0.2, 0.25) is 0 Å². The summed E-state index contributed by atoms with van der Waals surface area (Å²) in [5.74, 6) is 0.929. The molecule has 2 heterocycles. The maximum Gasteiger partial charge on any atom is 0.166 e. The number of aliphatic hydroxyl groups excluding tert-OH is 1. The van der Waals surface area contributed by atoms with Crippen molar-refractivity contribution in [1.82, 2.24) is 4.90 Å². The normalized spacial score (nSPS) is 38.8. The number of ether oxygens (including phenoxy) is 1. The van der Waals surface area contributed by atoms with Crippen molar-refractivity contribution in [2.24, 2.45) is 17.3 Å². The predicted molar refractivity (Wildman–Crippen MR) is 123 cm³/mol. The van der Waals surface area contributed by atoms with Crippen LogP contribution >= 0.6 is 0 Å². The van der Waals surface area contributed by atoms with E-state index in [0.29, 0.717) is 17.5 Å². The molecule has 2 aliphatic heterocycles. The van der Waals surface area contributed by atoms with Crippen LogP contribution in [-0.4, -0.2) is 57.2 Å². The summed E-state index contributed by atoms with van der Waals surface area (Å²) >= 11 is 0. The molecule has 1 saturated carbocycles. The molecule has 5 nitrogen and oxygen atoms in total. The Bertz CT molecular complexity index is 1010. The van der Waals surface area contributed by atoms with E-state index >= 15 is 0 Å². The Morgan fingerprint density at radius 3 is 2.53 bits per heavy atom. The van der Waals surface area contributed by atoms with E-state index in [2.05, 4.69) is 11.5 Å². The Balaban J connectivity index is 1.56. The minimum absolute atomic E-state index is 0.273. The first-order chi connectivity index (χ1) is 15.0. The number of aromatic hydroxyl groups is 1. The standard InChI is InChI=1S/C27H37NO4/c1-6-10-28-11-9-27-17-13-18(26(5,31)25(2,3)4)22(30)24(27)32-23-20(27)16(12-19(17)28)14-7-8-15(14)21(23)29/h6,17-19,22,24,29-31H,1,7-13H2,2-5H3/t17-,18+,19-,22+,24+,26+,27+/m1/s1. The van der Waals surface area contributed by atoms with Crippen LogP contribution in [0.3, 0.4) is 0 Å². The summed E-state index contributed by atoms with van der Waals surface area (Å²) in [6, 6.07) is 0.339. The number of phenols is 1. The topological polar surface area (TPSA) is 73.2 Å². The second-order valence-electron chi connectivity index (χ2n) is 12.2. The van der Waals surface area contributed by atoms with E-state index < -0.39 is 17.8 Å². The Morgan fingerprint density at radius 1 is 1.19 bits per heavy atom. The number of likely N-dealkylation sites (tertiary alicyclic amines) is 1. The quantitative estimate of drug-likeness (QED) is 0.631. The predicted octanol–water partition coefficient (Wildman–Crippen LogP) is 3.10. The van der Waals surface area contributed by atoms with Crippen molar-refractivity contribution >= 4 is 0 Å². The maximum atomic E-state index is 11.8. The van der Waals surface area contributed by atoms with Crippen LogP contribution in [0.4, 0.5) is 0 Å². The van der Waals surface area contributed by atoms with Crippen molar-refractivity contribution in [2.75, 3.05) is 13.1 Å². The number of rotatable bonds is 3. The average Bonchev–Trinajstić information content (AvgIpc) is 3.02. The molecule has 174 valence electrons. The SMILES string of the molecule is C=CCN1CC[C@]23c4c5c6c(c(O)c4O[C@H]2[C@@H](O)[C@@H]([C@](C)(O)C(C)(C)C)C[C@@H]3[C@H]1C5)CC6. The second kappa shape index (κ2) is 6.31. The van der Waals surface area contributed by atoms with Crippen LogP contribution < -0.4 is 4.74 Å². The Hall–Kier alpha value is -1.56. The zero-order chi connectivity index (χ0) is 22.8. The van der Waals surface area contributed by atoms with Crippen molar-refractivity contribution in [3.05, 3.63) is 34.9 Å². The molecule has 5 heteroatoms. The van der Waals surface area contributed by atoms with E-state index in [1.54, 1.807) is 0 Å². The van der Waals surface area contributed by atoms with Gasteiger partial charge in [-0.3, -0.25) is 4.90 Å². The lowest BCUT2D eigenvalue weighted by Gasteiger charge is -2.62. The molecular formula is C27H37NO4. The lowest BCUT2D eigenvalue weighted by molar-refractivity contribution is -0.198. The monoisotopic (exact) mass is 439 g/mol. The Kier molecular flexibility index (Phi) is 4.14. The van der Waals surface area contributed by atoms with Crippen LogP contribution in [0.15, 0.2) is 12.7 Å². The first kappa shape index (κ1) is 21.0. The first-order valence-corrected chi connectivity index (χ1v) is 12.4. The molecule has 6 rings (SSSR count). The van der Waals surface area contributed by atoms with Gasteiger partial charge in [-0.1, -0.05) is 26.8 Å². The first-order valence-electron chi connectivity index (χ1n) is 12.4. The molecule has 1 aromatic carbocycles. The molecule has 7 atom stereocenters. The number of phenolic OH excluding ortho intramolecular Hbond substituents is 1. The number of nitrogens with zero attached hydrogens (tertiary/aromatic N) is 1. The second-order valence-corrected chi connectivity index (χ2v) is 12.2. The molecular weight excluding hydrogens is 402 g/mol. The summed E-state index contributed by atoms with van der Waals surface area (Å²) < 4.78 is 6.57. The highest BCUT2D eigenvalue weighted by atomic mass is 16.5. The summed E-state index contributed by atoms with van der Waals surface area (Å²) in [6.45, 7) is 13.8. The number of aliphatic hydroxyl groups is 2. The molecule has 1 saturated heterocycles. The van der Waals surface area contributed by atoms with Gasteiger partial charge in [0, 0.05) is 35.0 Å². The number of fused-ring (bicyclic) bond motifs is 2. The van der Waals surface area contributed by atoms with Gasteiger partial charge >= 0.3 is 0 Å². The molecule has 3 N–H and O–H groups in total. The minimum Gasteiger partial charge on any atom is -0.504 e. The molecule has 32 heavy (non-hydrogen) atoms. The Morgan fingerprint density at radius 2 is 1.91 bits per heavy atom. The van der Waals surface area contributed by atoms with Gasteiger partial charge in [-0.05, 0) is 68.0 Å². The van der Waals surface area contributed by atoms with E-state index in [-0.39, 0.29) is 22.7 Å². The number of piperidine rings is 1. The molecule has 2 bridgehead atoms. The van der Waals surface area contributed by atoms with Gasteiger partial charge in [0.2, 0.25) is 0 Å². The summed E-state index contributed by atoms with van der Waals surface area (Å²) in [7, 11) is 0. The van der Waals surface area contributed by atoms with Gasteiger partial charge in [0.15, 0.2) is 11.5 Å². The molecule has 0 aromatic heterocycles. The number of benzene rings is 1. The van der Waals surface area contributed by atoms with E-state index in [4.69, 9.17) is 4.74 Å². The highest BCUT2D eigenvalue weighted by molar-refractivity contribution is 5.69. The lowest BCUT2D eigenvalue weighted by Crippen LogP contribution is -2.71. The lowest BCUT2D eigenvalue weighted by atomic mass is 9.46. The highest BCUT2D eigenvalue weighted by Crippen LogP contribution is 2.67. The van der Waals surface area contributed by atoms with Crippen molar-refractivity contribution in [2.45, 2.75) is 89.1 Å². The molecule has 0 amide bonds. The van der Waals surface area contributed by atoms with Gasteiger partial charge in [0.1, 0.15) is 6.10 Å². The van der Waals surface area contributed by atoms with Gasteiger partial charge in [0.05, 0.1) is 11.7 Å². The average molecular weight is 440 g/mol. The van der Waals surface area contributed by atoms with Gasteiger partial charge in [0.25, 0.3) is 0 Å². The smallest absolute Gasteiger partial charge is 0.166 e. The van der Waals surface area contributed by atoms with E-state index in [9.17, 15) is 15.3 Å². The minimum atomic E-state index is -1.05. The van der Waals surface area contributed by atoms with Crippen LogP contribution in [0, 0.1) is 17.3 Å². The van der Waals surface area contributed by atoms with Crippen LogP contribution in [0.1, 0.15) is 62.8 Å². The molecule has 2 fully saturated rings.